The zero-order chi connectivity index (χ0) is 27.8. The van der Waals surface area contributed by atoms with Gasteiger partial charge in [-0.25, -0.2) is 0 Å². The molecule has 0 radical (unpaired) electrons. The van der Waals surface area contributed by atoms with E-state index in [9.17, 15) is 9.59 Å². The summed E-state index contributed by atoms with van der Waals surface area (Å²) in [6, 6.07) is 41.0. The van der Waals surface area contributed by atoms with Gasteiger partial charge in [-0.3, -0.25) is 9.59 Å². The Morgan fingerprint density at radius 1 is 0.390 bits per heavy atom. The molecule has 2 atom stereocenters. The number of hydrogen-bond donors (Lipinski definition) is 0. The Morgan fingerprint density at radius 2 is 0.707 bits per heavy atom. The highest BCUT2D eigenvalue weighted by molar-refractivity contribution is 5.64. The summed E-state index contributed by atoms with van der Waals surface area (Å²) in [6.45, 7) is 0. The molecule has 5 heteroatoms. The third-order valence-corrected chi connectivity index (χ3v) is 7.19. The lowest BCUT2D eigenvalue weighted by molar-refractivity contribution is 0.377. The van der Waals surface area contributed by atoms with Crippen molar-refractivity contribution in [3.8, 4) is 45.3 Å². The van der Waals surface area contributed by atoms with E-state index >= 15 is 0 Å². The van der Waals surface area contributed by atoms with Gasteiger partial charge in [0, 0.05) is 46.5 Å². The lowest BCUT2D eigenvalue weighted by Crippen LogP contribution is -1.98. The van der Waals surface area contributed by atoms with E-state index in [4.69, 9.17) is 13.6 Å². The Hall–Kier alpha value is -5.26. The van der Waals surface area contributed by atoms with Gasteiger partial charge in [-0.15, -0.1) is 0 Å². The van der Waals surface area contributed by atoms with Crippen molar-refractivity contribution in [2.45, 2.75) is 12.2 Å². The van der Waals surface area contributed by atoms with Crippen LogP contribution >= 0.6 is 0 Å². The topological polar surface area (TPSA) is 73.0 Å². The molecule has 7 rings (SSSR count). The Labute approximate surface area is 235 Å². The van der Waals surface area contributed by atoms with E-state index in [1.165, 1.54) is 24.3 Å². The molecule has 1 aliphatic heterocycles. The van der Waals surface area contributed by atoms with Crippen LogP contribution in [0.5, 0.6) is 0 Å². The van der Waals surface area contributed by atoms with Gasteiger partial charge in [0.25, 0.3) is 0 Å². The Morgan fingerprint density at radius 3 is 1.05 bits per heavy atom. The quantitative estimate of drug-likeness (QED) is 0.201. The summed E-state index contributed by atoms with van der Waals surface area (Å²) in [4.78, 5) is 24.7. The molecule has 0 saturated carbocycles. The normalized spacial score (nSPS) is 15.9. The zero-order valence-electron chi connectivity index (χ0n) is 21.9. The Kier molecular flexibility index (Phi) is 6.26. The van der Waals surface area contributed by atoms with Crippen LogP contribution < -0.4 is 10.9 Å². The fourth-order valence-electron chi connectivity index (χ4n) is 5.02. The van der Waals surface area contributed by atoms with Crippen molar-refractivity contribution < 1.29 is 13.6 Å². The third kappa shape index (κ3) is 5.19. The van der Waals surface area contributed by atoms with Crippen molar-refractivity contribution in [2.75, 3.05) is 0 Å². The predicted molar refractivity (Wildman–Crippen MR) is 158 cm³/mol. The fraction of sp³-hybridized carbons (Fsp3) is 0.0556. The number of rotatable bonds is 6. The lowest BCUT2D eigenvalue weighted by Gasteiger charge is -2.06. The molecule has 0 spiro atoms. The van der Waals surface area contributed by atoms with E-state index in [0.717, 1.165) is 33.4 Å². The van der Waals surface area contributed by atoms with Crippen LogP contribution in [0.4, 0.5) is 0 Å². The summed E-state index contributed by atoms with van der Waals surface area (Å²) in [5.41, 5.74) is 5.25. The largest absolute Gasteiger partial charge is 0.456 e. The average molecular weight is 537 g/mol. The van der Waals surface area contributed by atoms with Gasteiger partial charge in [-0.1, -0.05) is 109 Å². The second-order valence-electron chi connectivity index (χ2n) is 10.00. The highest BCUT2D eigenvalue weighted by atomic mass is 16.6. The summed E-state index contributed by atoms with van der Waals surface area (Å²) in [7, 11) is 0. The highest BCUT2D eigenvalue weighted by Gasteiger charge is 2.41. The smallest absolute Gasteiger partial charge is 0.186 e. The van der Waals surface area contributed by atoms with Gasteiger partial charge in [-0.05, 0) is 11.1 Å². The Balaban J connectivity index is 1.08. The summed E-state index contributed by atoms with van der Waals surface area (Å²) in [5, 5.41) is 0. The summed E-state index contributed by atoms with van der Waals surface area (Å²) in [5.74, 6) is 2.12. The maximum absolute atomic E-state index is 12.4. The molecule has 3 heterocycles. The first-order valence-electron chi connectivity index (χ1n) is 13.4. The minimum atomic E-state index is -0.103. The minimum Gasteiger partial charge on any atom is -0.456 e. The molecule has 0 N–H and O–H groups in total. The summed E-state index contributed by atoms with van der Waals surface area (Å²) in [6.07, 6.45) is -0.117. The van der Waals surface area contributed by atoms with Gasteiger partial charge in [0.2, 0.25) is 0 Å². The predicted octanol–water partition coefficient (Wildman–Crippen LogP) is 8.07. The van der Waals surface area contributed by atoms with E-state index in [1.54, 1.807) is 0 Å². The highest BCUT2D eigenvalue weighted by Crippen LogP contribution is 2.51. The van der Waals surface area contributed by atoms with Crippen LogP contribution in [0.25, 0.3) is 45.3 Å². The molecule has 1 saturated heterocycles. The van der Waals surface area contributed by atoms with Gasteiger partial charge in [0.05, 0.1) is 0 Å². The number of epoxide rings is 1. The van der Waals surface area contributed by atoms with Gasteiger partial charge in [0.15, 0.2) is 10.9 Å². The Bertz CT molecular complexity index is 1790. The monoisotopic (exact) mass is 536 g/mol. The molecule has 0 aliphatic carbocycles. The first-order chi connectivity index (χ1) is 20.1. The summed E-state index contributed by atoms with van der Waals surface area (Å²) < 4.78 is 18.2. The molecule has 198 valence electrons. The van der Waals surface area contributed by atoms with Crippen molar-refractivity contribution in [2.24, 2.45) is 0 Å². The maximum Gasteiger partial charge on any atom is 0.186 e. The average Bonchev–Trinajstić information content (AvgIpc) is 3.83. The van der Waals surface area contributed by atoms with Crippen LogP contribution in [0.3, 0.4) is 0 Å². The second kappa shape index (κ2) is 10.4. The van der Waals surface area contributed by atoms with Crippen LogP contribution in [0.15, 0.2) is 152 Å². The molecular weight excluding hydrogens is 512 g/mol. The third-order valence-electron chi connectivity index (χ3n) is 7.19. The van der Waals surface area contributed by atoms with Gasteiger partial charge >= 0.3 is 0 Å². The molecule has 0 amide bonds. The molecule has 41 heavy (non-hydrogen) atoms. The van der Waals surface area contributed by atoms with E-state index in [0.29, 0.717) is 23.0 Å². The van der Waals surface area contributed by atoms with E-state index < -0.39 is 0 Å². The molecule has 4 aromatic carbocycles. The van der Waals surface area contributed by atoms with Crippen LogP contribution in [0, 0.1) is 0 Å². The molecule has 2 aromatic heterocycles. The van der Waals surface area contributed by atoms with Crippen LogP contribution in [0.2, 0.25) is 0 Å². The molecule has 0 unspecified atom stereocenters. The first kappa shape index (κ1) is 24.8. The minimum absolute atomic E-state index is 0.0584. The van der Waals surface area contributed by atoms with Crippen molar-refractivity contribution in [3.05, 3.63) is 165 Å². The van der Waals surface area contributed by atoms with Crippen molar-refractivity contribution in [1.82, 2.24) is 0 Å². The van der Waals surface area contributed by atoms with E-state index in [-0.39, 0.29) is 23.1 Å². The van der Waals surface area contributed by atoms with Gasteiger partial charge in [-0.2, -0.15) is 0 Å². The number of benzene rings is 4. The summed E-state index contributed by atoms with van der Waals surface area (Å²) >= 11 is 0. The van der Waals surface area contributed by atoms with Crippen LogP contribution in [-0.4, -0.2) is 0 Å². The fourth-order valence-corrected chi connectivity index (χ4v) is 5.02. The molecule has 0 bridgehead atoms. The molecule has 1 aliphatic rings. The first-order valence-corrected chi connectivity index (χ1v) is 13.4. The number of hydrogen-bond acceptors (Lipinski definition) is 5. The van der Waals surface area contributed by atoms with E-state index in [1.807, 2.05) is 109 Å². The van der Waals surface area contributed by atoms with Crippen LogP contribution in [-0.2, 0) is 4.74 Å². The van der Waals surface area contributed by atoms with Crippen molar-refractivity contribution in [1.29, 1.82) is 0 Å². The second-order valence-corrected chi connectivity index (χ2v) is 10.00. The molecular formula is C36H24O5. The van der Waals surface area contributed by atoms with Crippen molar-refractivity contribution in [3.63, 3.8) is 0 Å². The zero-order valence-corrected chi connectivity index (χ0v) is 21.9. The SMILES string of the molecule is O=c1cc(-c2ccccc2)oc(-c2ccc([C@@H]3O[C@H]3c3ccc(-c4cc(=O)cc(-c5ccccc5)o4)cc3)cc2)c1. The van der Waals surface area contributed by atoms with E-state index in [2.05, 4.69) is 0 Å². The molecule has 6 aromatic rings. The number of ether oxygens (including phenoxy) is 1. The maximum atomic E-state index is 12.4. The molecule has 1 fully saturated rings. The van der Waals surface area contributed by atoms with Gasteiger partial charge < -0.3 is 13.6 Å². The van der Waals surface area contributed by atoms with Crippen LogP contribution in [0.1, 0.15) is 23.3 Å². The van der Waals surface area contributed by atoms with Crippen molar-refractivity contribution >= 4 is 0 Å². The van der Waals surface area contributed by atoms with Gasteiger partial charge in [0.1, 0.15) is 35.2 Å². The standard InChI is InChI=1S/C36H24O5/c37-29-19-31(23-7-3-1-4-8-23)39-33(21-29)25-11-15-27(16-12-25)35-36(41-35)28-17-13-26(14-18-28)34-22-30(38)20-32(40-34)24-9-5-2-6-10-24/h1-22,35-36H/t35-,36-/m0/s1. The lowest BCUT2D eigenvalue weighted by atomic mass is 10.0. The molecule has 5 nitrogen and oxygen atoms in total.